The summed E-state index contributed by atoms with van der Waals surface area (Å²) in [6.07, 6.45) is -0.187. The van der Waals surface area contributed by atoms with Crippen molar-refractivity contribution in [1.29, 1.82) is 0 Å². The molecule has 14 heavy (non-hydrogen) atoms. The van der Waals surface area contributed by atoms with Gasteiger partial charge in [0, 0.05) is 12.1 Å². The lowest BCUT2D eigenvalue weighted by Gasteiger charge is -2.28. The normalized spacial score (nSPS) is 15.1. The van der Waals surface area contributed by atoms with Crippen molar-refractivity contribution >= 4 is 17.4 Å². The number of carboxylic acid groups (broad SMARTS) is 1. The first-order valence-electron chi connectivity index (χ1n) is 4.48. The van der Waals surface area contributed by atoms with E-state index in [0.29, 0.717) is 13.0 Å². The monoisotopic (exact) mass is 189 g/mol. The fourth-order valence-corrected chi connectivity index (χ4v) is 1.71. The number of amides is 1. The quantitative estimate of drug-likeness (QED) is 0.681. The van der Waals surface area contributed by atoms with Crippen LogP contribution < -0.4 is 4.90 Å². The van der Waals surface area contributed by atoms with E-state index in [1.54, 1.807) is 0 Å². The summed E-state index contributed by atoms with van der Waals surface area (Å²) in [5.74, 6) is 0. The Morgan fingerprint density at radius 1 is 1.43 bits per heavy atom. The van der Waals surface area contributed by atoms with Crippen LogP contribution in [0.3, 0.4) is 0 Å². The Hall–Kier alpha value is -1.77. The number of hydrogen-bond donors (Lipinski definition) is 1. The molecule has 0 aromatic heterocycles. The third-order valence-electron chi connectivity index (χ3n) is 2.44. The second-order valence-electron chi connectivity index (χ2n) is 3.30. The van der Waals surface area contributed by atoms with Gasteiger partial charge in [0.05, 0.1) is 5.69 Å². The van der Waals surface area contributed by atoms with Gasteiger partial charge in [0.2, 0.25) is 0 Å². The zero-order chi connectivity index (χ0) is 10.1. The molecule has 0 saturated carbocycles. The van der Waals surface area contributed by atoms with E-state index in [1.165, 1.54) is 4.90 Å². The first-order valence-corrected chi connectivity index (χ1v) is 4.48. The van der Waals surface area contributed by atoms with Crippen LogP contribution in [0.1, 0.15) is 12.0 Å². The Labute approximate surface area is 82.3 Å². The van der Waals surface area contributed by atoms with Gasteiger partial charge in [-0.25, -0.2) is 4.79 Å². The fourth-order valence-electron chi connectivity index (χ4n) is 1.71. The minimum atomic E-state index is -0.898. The molecule has 72 valence electrons. The van der Waals surface area contributed by atoms with Gasteiger partial charge < -0.3 is 5.11 Å². The summed E-state index contributed by atoms with van der Waals surface area (Å²) in [4.78, 5) is 12.3. The van der Waals surface area contributed by atoms with Gasteiger partial charge in [-0.15, -0.1) is 0 Å². The molecule has 1 aliphatic heterocycles. The van der Waals surface area contributed by atoms with E-state index in [4.69, 9.17) is 5.11 Å². The zero-order valence-electron chi connectivity index (χ0n) is 7.73. The standard InChI is InChI=1S/C11H11NO2/c1-8-6-7-12(11(13)14)10-5-3-2-4-9(8)10/h2-5H,1,6-7H2,(H,13,14). The third kappa shape index (κ3) is 1.27. The molecule has 3 heteroatoms. The van der Waals surface area contributed by atoms with Gasteiger partial charge in [-0.2, -0.15) is 0 Å². The smallest absolute Gasteiger partial charge is 0.411 e. The summed E-state index contributed by atoms with van der Waals surface area (Å²) >= 11 is 0. The van der Waals surface area contributed by atoms with Crippen LogP contribution in [0.5, 0.6) is 0 Å². The highest BCUT2D eigenvalue weighted by Crippen LogP contribution is 2.32. The van der Waals surface area contributed by atoms with Gasteiger partial charge in [0.1, 0.15) is 0 Å². The lowest BCUT2D eigenvalue weighted by Crippen LogP contribution is -2.33. The molecule has 1 aliphatic rings. The van der Waals surface area contributed by atoms with Crippen molar-refractivity contribution in [3.05, 3.63) is 36.4 Å². The summed E-state index contributed by atoms with van der Waals surface area (Å²) in [5.41, 5.74) is 2.70. The number of rotatable bonds is 0. The number of nitrogens with zero attached hydrogens (tertiary/aromatic N) is 1. The lowest BCUT2D eigenvalue weighted by molar-refractivity contribution is 0.202. The molecule has 0 saturated heterocycles. The predicted molar refractivity (Wildman–Crippen MR) is 55.5 cm³/mol. The topological polar surface area (TPSA) is 40.5 Å². The Balaban J connectivity index is 2.52. The van der Waals surface area contributed by atoms with Gasteiger partial charge >= 0.3 is 6.09 Å². The average Bonchev–Trinajstić information content (AvgIpc) is 2.18. The molecule has 0 fully saturated rings. The second-order valence-corrected chi connectivity index (χ2v) is 3.30. The summed E-state index contributed by atoms with van der Waals surface area (Å²) < 4.78 is 0. The van der Waals surface area contributed by atoms with Crippen LogP contribution in [0, 0.1) is 0 Å². The number of benzene rings is 1. The Kier molecular flexibility index (Phi) is 2.00. The van der Waals surface area contributed by atoms with E-state index in [0.717, 1.165) is 16.8 Å². The molecule has 1 aromatic carbocycles. The van der Waals surface area contributed by atoms with Gasteiger partial charge in [-0.3, -0.25) is 4.90 Å². The average molecular weight is 189 g/mol. The molecule has 1 aromatic rings. The zero-order valence-corrected chi connectivity index (χ0v) is 7.73. The Bertz CT molecular complexity index is 398. The van der Waals surface area contributed by atoms with Crippen LogP contribution in [0.25, 0.3) is 5.57 Å². The first kappa shape index (κ1) is 8.81. The summed E-state index contributed by atoms with van der Waals surface area (Å²) in [5, 5.41) is 8.97. The molecule has 0 radical (unpaired) electrons. The first-order chi connectivity index (χ1) is 6.70. The predicted octanol–water partition coefficient (Wildman–Crippen LogP) is 2.59. The SMILES string of the molecule is C=C1CCN(C(=O)O)c2ccccc21. The number of para-hydroxylation sites is 1. The molecule has 0 atom stereocenters. The third-order valence-corrected chi connectivity index (χ3v) is 2.44. The summed E-state index contributed by atoms with van der Waals surface area (Å²) in [7, 11) is 0. The van der Waals surface area contributed by atoms with Crippen LogP contribution in [0.4, 0.5) is 10.5 Å². The second kappa shape index (κ2) is 3.18. The molecular formula is C11H11NO2. The van der Waals surface area contributed by atoms with E-state index in [2.05, 4.69) is 6.58 Å². The highest BCUT2D eigenvalue weighted by molar-refractivity contribution is 5.93. The molecule has 0 aliphatic carbocycles. The fraction of sp³-hybridized carbons (Fsp3) is 0.182. The summed E-state index contributed by atoms with van der Waals surface area (Å²) in [6.45, 7) is 4.43. The highest BCUT2D eigenvalue weighted by Gasteiger charge is 2.22. The van der Waals surface area contributed by atoms with Gasteiger partial charge in [-0.1, -0.05) is 24.8 Å². The maximum atomic E-state index is 10.9. The number of anilines is 1. The number of carbonyl (C=O) groups is 1. The maximum Gasteiger partial charge on any atom is 0.411 e. The van der Waals surface area contributed by atoms with Gasteiger partial charge in [-0.05, 0) is 18.1 Å². The van der Waals surface area contributed by atoms with Crippen LogP contribution in [0.2, 0.25) is 0 Å². The minimum absolute atomic E-state index is 0.505. The Morgan fingerprint density at radius 2 is 2.14 bits per heavy atom. The van der Waals surface area contributed by atoms with Crippen molar-refractivity contribution < 1.29 is 9.90 Å². The molecular weight excluding hydrogens is 178 g/mol. The summed E-state index contributed by atoms with van der Waals surface area (Å²) in [6, 6.07) is 7.46. The molecule has 1 amide bonds. The maximum absolute atomic E-state index is 10.9. The number of fused-ring (bicyclic) bond motifs is 1. The molecule has 2 rings (SSSR count). The van der Waals surface area contributed by atoms with Crippen molar-refractivity contribution in [3.8, 4) is 0 Å². The van der Waals surface area contributed by atoms with E-state index in [1.807, 2.05) is 24.3 Å². The van der Waals surface area contributed by atoms with Crippen LogP contribution >= 0.6 is 0 Å². The van der Waals surface area contributed by atoms with Gasteiger partial charge in [0.15, 0.2) is 0 Å². The van der Waals surface area contributed by atoms with Crippen LogP contribution in [-0.2, 0) is 0 Å². The van der Waals surface area contributed by atoms with E-state index in [-0.39, 0.29) is 0 Å². The lowest BCUT2D eigenvalue weighted by atomic mass is 9.98. The van der Waals surface area contributed by atoms with Crippen molar-refractivity contribution in [1.82, 2.24) is 0 Å². The largest absolute Gasteiger partial charge is 0.465 e. The van der Waals surface area contributed by atoms with Crippen LogP contribution in [-0.4, -0.2) is 17.7 Å². The molecule has 0 unspecified atom stereocenters. The molecule has 1 N–H and O–H groups in total. The molecule has 1 heterocycles. The van der Waals surface area contributed by atoms with Gasteiger partial charge in [0.25, 0.3) is 0 Å². The van der Waals surface area contributed by atoms with Crippen molar-refractivity contribution in [3.63, 3.8) is 0 Å². The van der Waals surface area contributed by atoms with Crippen LogP contribution in [0.15, 0.2) is 30.8 Å². The van der Waals surface area contributed by atoms with Crippen molar-refractivity contribution in [2.24, 2.45) is 0 Å². The van der Waals surface area contributed by atoms with Crippen molar-refractivity contribution in [2.75, 3.05) is 11.4 Å². The van der Waals surface area contributed by atoms with E-state index >= 15 is 0 Å². The highest BCUT2D eigenvalue weighted by atomic mass is 16.4. The van der Waals surface area contributed by atoms with E-state index in [9.17, 15) is 4.79 Å². The molecule has 0 spiro atoms. The molecule has 0 bridgehead atoms. The van der Waals surface area contributed by atoms with Crippen molar-refractivity contribution in [2.45, 2.75) is 6.42 Å². The Morgan fingerprint density at radius 3 is 2.86 bits per heavy atom. The molecule has 3 nitrogen and oxygen atoms in total. The number of hydrogen-bond acceptors (Lipinski definition) is 1. The minimum Gasteiger partial charge on any atom is -0.465 e. The van der Waals surface area contributed by atoms with E-state index < -0.39 is 6.09 Å².